The lowest BCUT2D eigenvalue weighted by molar-refractivity contribution is 0.0697. The van der Waals surface area contributed by atoms with Crippen molar-refractivity contribution < 1.29 is 9.90 Å². The van der Waals surface area contributed by atoms with Crippen LogP contribution in [-0.2, 0) is 0 Å². The molecule has 3 nitrogen and oxygen atoms in total. The molecule has 2 saturated carbocycles. The third kappa shape index (κ3) is 7.11. The van der Waals surface area contributed by atoms with E-state index >= 15 is 0 Å². The van der Waals surface area contributed by atoms with E-state index in [0.717, 1.165) is 5.69 Å². The summed E-state index contributed by atoms with van der Waals surface area (Å²) in [7, 11) is 0. The number of anilines is 1. The van der Waals surface area contributed by atoms with E-state index in [0.29, 0.717) is 17.4 Å². The number of halogens is 1. The Morgan fingerprint density at radius 3 is 1.79 bits per heavy atom. The first kappa shape index (κ1) is 30.2. The molecule has 7 rings (SSSR count). The number of aromatic carboxylic acids is 1. The molecule has 2 aliphatic carbocycles. The Hall–Kier alpha value is -2.86. The predicted octanol–water partition coefficient (Wildman–Crippen LogP) is 12.1. The van der Waals surface area contributed by atoms with Crippen molar-refractivity contribution in [3.05, 3.63) is 100 Å². The number of benzene rings is 3. The average molecular weight is 630 g/mol. The first-order valence-corrected chi connectivity index (χ1v) is 17.9. The van der Waals surface area contributed by atoms with Crippen LogP contribution in [0, 0.1) is 11.8 Å². The van der Waals surface area contributed by atoms with Gasteiger partial charge in [-0.1, -0.05) is 74.9 Å². The zero-order valence-electron chi connectivity index (χ0n) is 24.5. The number of thiophene rings is 2. The van der Waals surface area contributed by atoms with E-state index < -0.39 is 5.97 Å². The number of carboxylic acid groups (broad SMARTS) is 1. The number of carbonyl (C=O) groups is 1. The Morgan fingerprint density at radius 2 is 1.21 bits per heavy atom. The minimum absolute atomic E-state index is 0.214. The van der Waals surface area contributed by atoms with E-state index in [2.05, 4.69) is 64.6 Å². The lowest BCUT2D eigenvalue weighted by Gasteiger charge is -2.32. The third-order valence-corrected chi connectivity index (χ3v) is 11.8. The Kier molecular flexibility index (Phi) is 10.0. The molecule has 0 amide bonds. The molecule has 0 spiro atoms. The second-order valence-electron chi connectivity index (χ2n) is 12.1. The van der Waals surface area contributed by atoms with Crippen molar-refractivity contribution in [2.75, 3.05) is 5.32 Å². The minimum Gasteiger partial charge on any atom is -0.478 e. The summed E-state index contributed by atoms with van der Waals surface area (Å²) in [6, 6.07) is 24.6. The van der Waals surface area contributed by atoms with Gasteiger partial charge in [-0.25, -0.2) is 4.79 Å². The van der Waals surface area contributed by atoms with E-state index in [1.54, 1.807) is 23.5 Å². The fourth-order valence-corrected chi connectivity index (χ4v) is 9.44. The third-order valence-electron chi connectivity index (χ3n) is 9.29. The quantitative estimate of drug-likeness (QED) is 0.176. The molecule has 3 aromatic carbocycles. The smallest absolute Gasteiger partial charge is 0.335 e. The molecule has 5 aromatic rings. The van der Waals surface area contributed by atoms with Crippen LogP contribution in [0.2, 0.25) is 0 Å². The molecule has 2 aromatic heterocycles. The zero-order chi connectivity index (χ0) is 29.6. The molecule has 0 bridgehead atoms. The second-order valence-corrected chi connectivity index (χ2v) is 14.4. The van der Waals surface area contributed by atoms with Crippen LogP contribution in [0.1, 0.15) is 97.1 Å². The van der Waals surface area contributed by atoms with E-state index in [9.17, 15) is 4.79 Å². The average Bonchev–Trinajstić information content (AvgIpc) is 3.69. The molecule has 2 atom stereocenters. The number of hydrogen-bond donors (Lipinski definition) is 2. The van der Waals surface area contributed by atoms with Gasteiger partial charge in [0.25, 0.3) is 0 Å². The molecular formula is C37H40ClNO2S2. The maximum Gasteiger partial charge on any atom is 0.335 e. The van der Waals surface area contributed by atoms with Gasteiger partial charge in [-0.3, -0.25) is 0 Å². The largest absolute Gasteiger partial charge is 0.478 e. The summed E-state index contributed by atoms with van der Waals surface area (Å²) in [5, 5.41) is 20.3. The maximum atomic E-state index is 11.1. The van der Waals surface area contributed by atoms with Crippen LogP contribution >= 0.6 is 34.3 Å². The van der Waals surface area contributed by atoms with Gasteiger partial charge >= 0.3 is 5.97 Å². The maximum absolute atomic E-state index is 11.1. The SMILES string of the molecule is ClC(c1csc2ccccc12)C1CCCCC1.O=C(O)c1ccc(NC(c2csc3ccccc23)C2CCCCC2)cc1. The second kappa shape index (κ2) is 14.3. The van der Waals surface area contributed by atoms with Gasteiger partial charge in [-0.15, -0.1) is 34.3 Å². The first-order valence-electron chi connectivity index (χ1n) is 15.7. The van der Waals surface area contributed by atoms with Crippen molar-refractivity contribution in [2.45, 2.75) is 75.6 Å². The number of rotatable bonds is 7. The van der Waals surface area contributed by atoms with E-state index in [-0.39, 0.29) is 11.4 Å². The summed E-state index contributed by atoms with van der Waals surface area (Å²) in [5.74, 6) is 0.411. The monoisotopic (exact) mass is 629 g/mol. The topological polar surface area (TPSA) is 49.3 Å². The summed E-state index contributed by atoms with van der Waals surface area (Å²) >= 11 is 10.3. The number of fused-ring (bicyclic) bond motifs is 2. The fraction of sp³-hybridized carbons (Fsp3) is 0.378. The van der Waals surface area contributed by atoms with Crippen molar-refractivity contribution >= 4 is 66.1 Å². The predicted molar refractivity (Wildman–Crippen MR) is 185 cm³/mol. The highest BCUT2D eigenvalue weighted by molar-refractivity contribution is 7.17. The highest BCUT2D eigenvalue weighted by atomic mass is 35.5. The van der Waals surface area contributed by atoms with E-state index in [1.165, 1.54) is 95.5 Å². The van der Waals surface area contributed by atoms with Gasteiger partial charge in [-0.05, 0) is 107 Å². The molecule has 43 heavy (non-hydrogen) atoms. The van der Waals surface area contributed by atoms with Crippen LogP contribution in [0.15, 0.2) is 83.6 Å². The normalized spacial score (nSPS) is 17.7. The lowest BCUT2D eigenvalue weighted by atomic mass is 9.81. The number of hydrogen-bond acceptors (Lipinski definition) is 4. The first-order chi connectivity index (χ1) is 21.1. The highest BCUT2D eigenvalue weighted by Gasteiger charge is 2.27. The van der Waals surface area contributed by atoms with Crippen molar-refractivity contribution in [2.24, 2.45) is 11.8 Å². The summed E-state index contributed by atoms with van der Waals surface area (Å²) in [6.45, 7) is 0. The van der Waals surface area contributed by atoms with Crippen LogP contribution in [-0.4, -0.2) is 11.1 Å². The van der Waals surface area contributed by atoms with Crippen LogP contribution in [0.4, 0.5) is 5.69 Å². The molecule has 0 aliphatic heterocycles. The lowest BCUT2D eigenvalue weighted by Crippen LogP contribution is -2.23. The molecule has 224 valence electrons. The van der Waals surface area contributed by atoms with Crippen molar-refractivity contribution in [1.29, 1.82) is 0 Å². The minimum atomic E-state index is -0.885. The number of alkyl halides is 1. The molecule has 2 unspecified atom stereocenters. The van der Waals surface area contributed by atoms with Gasteiger partial charge in [0.2, 0.25) is 0 Å². The van der Waals surface area contributed by atoms with Gasteiger partial charge in [0.15, 0.2) is 0 Å². The van der Waals surface area contributed by atoms with Gasteiger partial charge in [0.1, 0.15) is 0 Å². The molecule has 2 fully saturated rings. The van der Waals surface area contributed by atoms with Gasteiger partial charge in [0, 0.05) is 15.1 Å². The van der Waals surface area contributed by atoms with Crippen LogP contribution < -0.4 is 5.32 Å². The van der Waals surface area contributed by atoms with Crippen LogP contribution in [0.25, 0.3) is 20.2 Å². The standard InChI is InChI=1S/C22H23NO2S.C15H17ClS/c24-22(25)16-10-12-17(13-11-16)23-21(15-6-2-1-3-7-15)19-14-26-20-9-5-4-8-18(19)20;16-15(11-6-2-1-3-7-11)13-10-17-14-9-5-4-8-12(13)14/h4-5,8-15,21,23H,1-3,6-7H2,(H,24,25);4-5,8-11,15H,1-3,6-7H2. The zero-order valence-corrected chi connectivity index (χ0v) is 26.9. The Morgan fingerprint density at radius 1 is 0.698 bits per heavy atom. The van der Waals surface area contributed by atoms with Crippen molar-refractivity contribution in [1.82, 2.24) is 0 Å². The number of nitrogens with one attached hydrogen (secondary N) is 1. The molecule has 0 radical (unpaired) electrons. The van der Waals surface area contributed by atoms with Gasteiger partial charge < -0.3 is 10.4 Å². The van der Waals surface area contributed by atoms with E-state index in [1.807, 2.05) is 23.5 Å². The molecule has 6 heteroatoms. The molecule has 2 aliphatic rings. The summed E-state index contributed by atoms with van der Waals surface area (Å²) in [5.41, 5.74) is 4.05. The van der Waals surface area contributed by atoms with Crippen LogP contribution in [0.5, 0.6) is 0 Å². The Labute approximate surface area is 267 Å². The fourth-order valence-electron chi connectivity index (χ4n) is 6.94. The Bertz CT molecular complexity index is 1630. The van der Waals surface area contributed by atoms with Gasteiger partial charge in [-0.2, -0.15) is 0 Å². The molecular weight excluding hydrogens is 590 g/mol. The molecule has 2 N–H and O–H groups in total. The molecule has 0 saturated heterocycles. The summed E-state index contributed by atoms with van der Waals surface area (Å²) in [4.78, 5) is 11.1. The summed E-state index contributed by atoms with van der Waals surface area (Å²) < 4.78 is 2.69. The van der Waals surface area contributed by atoms with E-state index in [4.69, 9.17) is 16.7 Å². The highest BCUT2D eigenvalue weighted by Crippen LogP contribution is 2.43. The summed E-state index contributed by atoms with van der Waals surface area (Å²) in [6.07, 6.45) is 13.1. The van der Waals surface area contributed by atoms with Crippen molar-refractivity contribution in [3.63, 3.8) is 0 Å². The van der Waals surface area contributed by atoms with Crippen molar-refractivity contribution in [3.8, 4) is 0 Å². The van der Waals surface area contributed by atoms with Gasteiger partial charge in [0.05, 0.1) is 17.0 Å². The van der Waals surface area contributed by atoms with Crippen LogP contribution in [0.3, 0.4) is 0 Å². The Balaban J connectivity index is 0.000000167. The molecule has 2 heterocycles. The number of carboxylic acids is 1.